The van der Waals surface area contributed by atoms with E-state index >= 15 is 0 Å². The van der Waals surface area contributed by atoms with Gasteiger partial charge >= 0.3 is 0 Å². The number of hydrogen-bond acceptors (Lipinski definition) is 5. The molecule has 0 atom stereocenters. The van der Waals surface area contributed by atoms with Crippen LogP contribution in [-0.2, 0) is 12.2 Å². The summed E-state index contributed by atoms with van der Waals surface area (Å²) in [5.74, 6) is 0.653. The lowest BCUT2D eigenvalue weighted by Crippen LogP contribution is -2.08. The van der Waals surface area contributed by atoms with Gasteiger partial charge in [-0.2, -0.15) is 0 Å². The van der Waals surface area contributed by atoms with E-state index in [1.807, 2.05) is 72.8 Å². The van der Waals surface area contributed by atoms with Crippen LogP contribution in [-0.4, -0.2) is 15.8 Å². The van der Waals surface area contributed by atoms with Crippen molar-refractivity contribution in [2.75, 3.05) is 5.73 Å². The zero-order valence-electron chi connectivity index (χ0n) is 16.7. The van der Waals surface area contributed by atoms with Crippen LogP contribution in [0.5, 0.6) is 0 Å². The van der Waals surface area contributed by atoms with Crippen molar-refractivity contribution in [1.82, 2.24) is 9.97 Å². The molecule has 0 saturated carbocycles. The second-order valence-electron chi connectivity index (χ2n) is 7.09. The highest BCUT2D eigenvalue weighted by atomic mass is 32.2. The molecule has 0 saturated heterocycles. The highest BCUT2D eigenvalue weighted by molar-refractivity contribution is 7.98. The van der Waals surface area contributed by atoms with Crippen molar-refractivity contribution in [3.05, 3.63) is 112 Å². The molecule has 4 aromatic rings. The number of nitrogens with two attached hydrogens (primary N) is 1. The van der Waals surface area contributed by atoms with Crippen molar-refractivity contribution in [2.45, 2.75) is 17.3 Å². The third-order valence-corrected chi connectivity index (χ3v) is 5.79. The van der Waals surface area contributed by atoms with Crippen LogP contribution in [0.15, 0.2) is 94.9 Å². The summed E-state index contributed by atoms with van der Waals surface area (Å²) < 4.78 is 0. The second kappa shape index (κ2) is 9.45. The normalized spacial score (nSPS) is 10.7. The zero-order chi connectivity index (χ0) is 21.6. The summed E-state index contributed by atoms with van der Waals surface area (Å²) in [6, 6.07) is 26.0. The number of aromatic nitrogens is 2. The molecule has 0 fully saturated rings. The Hall–Kier alpha value is -3.64. The van der Waals surface area contributed by atoms with Gasteiger partial charge in [0.25, 0.3) is 5.56 Å². The highest BCUT2D eigenvalue weighted by Crippen LogP contribution is 2.22. The smallest absolute Gasteiger partial charge is 0.252 e. The molecule has 1 heterocycles. The highest BCUT2D eigenvalue weighted by Gasteiger charge is 2.10. The molecule has 3 N–H and O–H groups in total. The van der Waals surface area contributed by atoms with Gasteiger partial charge in [-0.25, -0.2) is 4.98 Å². The molecule has 0 amide bonds. The number of Topliss-reactive ketones (excluding diaryl/α,β-unsaturated/α-hetero) is 1. The van der Waals surface area contributed by atoms with Crippen molar-refractivity contribution >= 4 is 23.2 Å². The lowest BCUT2D eigenvalue weighted by molar-refractivity contribution is 0.0993. The number of nitrogens with one attached hydrogen (secondary N) is 1. The number of para-hydroxylation sites is 1. The number of carbonyl (C=O) groups excluding carboxylic acids is 1. The Morgan fingerprint density at radius 1 is 0.935 bits per heavy atom. The van der Waals surface area contributed by atoms with E-state index in [0.29, 0.717) is 27.9 Å². The maximum Gasteiger partial charge on any atom is 0.252 e. The topological polar surface area (TPSA) is 88.8 Å². The van der Waals surface area contributed by atoms with E-state index in [2.05, 4.69) is 9.97 Å². The van der Waals surface area contributed by atoms with Crippen molar-refractivity contribution in [3.63, 3.8) is 0 Å². The van der Waals surface area contributed by atoms with Gasteiger partial charge in [0.1, 0.15) is 0 Å². The summed E-state index contributed by atoms with van der Waals surface area (Å²) in [6.07, 6.45) is 0.276. The molecule has 3 aromatic carbocycles. The maximum absolute atomic E-state index is 12.6. The van der Waals surface area contributed by atoms with Crippen LogP contribution in [0, 0.1) is 0 Å². The van der Waals surface area contributed by atoms with E-state index < -0.39 is 0 Å². The fraction of sp³-hybridized carbons (Fsp3) is 0.0800. The molecule has 4 rings (SSSR count). The molecule has 6 heteroatoms. The number of nitrogens with zero attached hydrogens (tertiary/aromatic N) is 1. The van der Waals surface area contributed by atoms with Gasteiger partial charge in [0, 0.05) is 35.1 Å². The third kappa shape index (κ3) is 5.29. The van der Waals surface area contributed by atoms with Gasteiger partial charge < -0.3 is 10.7 Å². The Morgan fingerprint density at radius 2 is 1.65 bits per heavy atom. The summed E-state index contributed by atoms with van der Waals surface area (Å²) in [5.41, 5.74) is 10.4. The zero-order valence-corrected chi connectivity index (χ0v) is 17.6. The number of carbonyl (C=O) groups is 1. The molecule has 0 bridgehead atoms. The first-order valence-electron chi connectivity index (χ1n) is 9.83. The first-order chi connectivity index (χ1) is 15.1. The first-order valence-corrected chi connectivity index (χ1v) is 10.8. The molecule has 0 aliphatic rings. The van der Waals surface area contributed by atoms with Crippen LogP contribution in [0.25, 0.3) is 11.3 Å². The average Bonchev–Trinajstić information content (AvgIpc) is 2.80. The minimum Gasteiger partial charge on any atom is -0.398 e. The van der Waals surface area contributed by atoms with Crippen LogP contribution in [0.4, 0.5) is 5.69 Å². The van der Waals surface area contributed by atoms with Gasteiger partial charge in [0.05, 0.1) is 5.69 Å². The number of anilines is 1. The third-order valence-electron chi connectivity index (χ3n) is 4.85. The average molecular weight is 428 g/mol. The molecule has 0 aliphatic heterocycles. The number of aromatic amines is 1. The summed E-state index contributed by atoms with van der Waals surface area (Å²) in [7, 11) is 0. The molecule has 0 unspecified atom stereocenters. The molecule has 0 radical (unpaired) electrons. The first kappa shape index (κ1) is 20.6. The summed E-state index contributed by atoms with van der Waals surface area (Å²) in [6.45, 7) is 0. The quantitative estimate of drug-likeness (QED) is 0.193. The Kier molecular flexibility index (Phi) is 6.29. The van der Waals surface area contributed by atoms with E-state index in [-0.39, 0.29) is 17.8 Å². The standard InChI is InChI=1S/C25H21N3O2S/c26-21-9-5-4-8-20(21)14-23(29)19-12-10-17(11-13-19)16-31-25-27-22(15-24(30)28-25)18-6-2-1-3-7-18/h1-13,15H,14,16,26H2,(H,27,28,30). The maximum atomic E-state index is 12.6. The van der Waals surface area contributed by atoms with Crippen molar-refractivity contribution in [1.29, 1.82) is 0 Å². The lowest BCUT2D eigenvalue weighted by atomic mass is 10.0. The van der Waals surface area contributed by atoms with E-state index in [0.717, 1.165) is 16.7 Å². The Balaban J connectivity index is 1.42. The van der Waals surface area contributed by atoms with Crippen LogP contribution >= 0.6 is 11.8 Å². The van der Waals surface area contributed by atoms with Gasteiger partial charge in [-0.15, -0.1) is 0 Å². The molecular formula is C25H21N3O2S. The van der Waals surface area contributed by atoms with Gasteiger partial charge in [-0.1, -0.05) is 84.6 Å². The van der Waals surface area contributed by atoms with Gasteiger partial charge in [-0.3, -0.25) is 9.59 Å². The SMILES string of the molecule is Nc1ccccc1CC(=O)c1ccc(CSc2nc(-c3ccccc3)cc(=O)[nH]2)cc1. The molecule has 1 aromatic heterocycles. The minimum absolute atomic E-state index is 0.0265. The lowest BCUT2D eigenvalue weighted by Gasteiger charge is -2.07. The van der Waals surface area contributed by atoms with Gasteiger partial charge in [0.2, 0.25) is 0 Å². The second-order valence-corrected chi connectivity index (χ2v) is 8.05. The fourth-order valence-corrected chi connectivity index (χ4v) is 4.00. The van der Waals surface area contributed by atoms with E-state index in [1.54, 1.807) is 6.07 Å². The molecule has 5 nitrogen and oxygen atoms in total. The minimum atomic E-state index is -0.183. The molecule has 0 spiro atoms. The van der Waals surface area contributed by atoms with Crippen LogP contribution in [0.1, 0.15) is 21.5 Å². The number of rotatable bonds is 7. The monoisotopic (exact) mass is 427 g/mol. The van der Waals surface area contributed by atoms with Crippen molar-refractivity contribution < 1.29 is 4.79 Å². The number of benzene rings is 3. The Bertz CT molecular complexity index is 1250. The number of H-pyrrole nitrogens is 1. The van der Waals surface area contributed by atoms with Gasteiger partial charge in [-0.05, 0) is 17.2 Å². The predicted molar refractivity (Wildman–Crippen MR) is 125 cm³/mol. The van der Waals surface area contributed by atoms with Crippen LogP contribution < -0.4 is 11.3 Å². The number of thioether (sulfide) groups is 1. The molecule has 154 valence electrons. The predicted octanol–water partition coefficient (Wildman–Crippen LogP) is 4.74. The van der Waals surface area contributed by atoms with Crippen molar-refractivity contribution in [2.24, 2.45) is 0 Å². The van der Waals surface area contributed by atoms with Crippen LogP contribution in [0.3, 0.4) is 0 Å². The van der Waals surface area contributed by atoms with Crippen LogP contribution in [0.2, 0.25) is 0 Å². The number of ketones is 1. The summed E-state index contributed by atoms with van der Waals surface area (Å²) in [4.78, 5) is 31.9. The van der Waals surface area contributed by atoms with Crippen molar-refractivity contribution in [3.8, 4) is 11.3 Å². The van der Waals surface area contributed by atoms with E-state index in [4.69, 9.17) is 5.73 Å². The Labute approximate surface area is 184 Å². The number of nitrogen functional groups attached to an aromatic ring is 1. The van der Waals surface area contributed by atoms with E-state index in [9.17, 15) is 9.59 Å². The van der Waals surface area contributed by atoms with Gasteiger partial charge in [0.15, 0.2) is 10.9 Å². The fourth-order valence-electron chi connectivity index (χ4n) is 3.17. The van der Waals surface area contributed by atoms with E-state index in [1.165, 1.54) is 17.8 Å². The largest absolute Gasteiger partial charge is 0.398 e. The summed E-state index contributed by atoms with van der Waals surface area (Å²) in [5, 5.41) is 0.561. The summed E-state index contributed by atoms with van der Waals surface area (Å²) >= 11 is 1.45. The molecule has 31 heavy (non-hydrogen) atoms. The number of hydrogen-bond donors (Lipinski definition) is 2. The Morgan fingerprint density at radius 3 is 2.39 bits per heavy atom. The molecule has 0 aliphatic carbocycles. The molecular weight excluding hydrogens is 406 g/mol.